The zero-order chi connectivity index (χ0) is 10.0. The Bertz CT molecular complexity index is 358. The first-order valence-electron chi connectivity index (χ1n) is 4.91. The molecule has 1 heterocycles. The topological polar surface area (TPSA) is 35.8 Å². The van der Waals surface area contributed by atoms with Crippen LogP contribution < -0.4 is 5.32 Å². The molecule has 0 unspecified atom stereocenters. The van der Waals surface area contributed by atoms with Crippen molar-refractivity contribution in [2.75, 3.05) is 6.54 Å². The van der Waals surface area contributed by atoms with Crippen molar-refractivity contribution >= 4 is 11.3 Å². The van der Waals surface area contributed by atoms with Gasteiger partial charge in [-0.2, -0.15) is 5.26 Å². The zero-order valence-corrected chi connectivity index (χ0v) is 9.16. The van der Waals surface area contributed by atoms with Crippen LogP contribution in [0.25, 0.3) is 0 Å². The van der Waals surface area contributed by atoms with Gasteiger partial charge in [0.25, 0.3) is 0 Å². The third-order valence-electron chi connectivity index (χ3n) is 2.81. The lowest BCUT2D eigenvalue weighted by Gasteiger charge is -2.07. The summed E-state index contributed by atoms with van der Waals surface area (Å²) in [4.78, 5) is 1.39. The number of hydrogen-bond donors (Lipinski definition) is 1. The van der Waals surface area contributed by atoms with Crippen molar-refractivity contribution in [2.24, 2.45) is 5.41 Å². The molecule has 2 nitrogen and oxygen atoms in total. The first-order valence-corrected chi connectivity index (χ1v) is 5.79. The van der Waals surface area contributed by atoms with Crippen molar-refractivity contribution in [1.29, 1.82) is 5.26 Å². The van der Waals surface area contributed by atoms with Crippen LogP contribution in [0.1, 0.15) is 23.3 Å². The van der Waals surface area contributed by atoms with Crippen molar-refractivity contribution in [3.63, 3.8) is 0 Å². The van der Waals surface area contributed by atoms with E-state index >= 15 is 0 Å². The van der Waals surface area contributed by atoms with Gasteiger partial charge in [0.05, 0.1) is 11.5 Å². The van der Waals surface area contributed by atoms with E-state index in [0.29, 0.717) is 0 Å². The maximum Gasteiger partial charge on any atom is 0.0703 e. The fourth-order valence-corrected chi connectivity index (χ4v) is 2.36. The van der Waals surface area contributed by atoms with Crippen molar-refractivity contribution in [3.05, 3.63) is 21.9 Å². The molecule has 1 saturated carbocycles. The largest absolute Gasteiger partial charge is 0.310 e. The smallest absolute Gasteiger partial charge is 0.0703 e. The van der Waals surface area contributed by atoms with Gasteiger partial charge in [0.2, 0.25) is 0 Å². The van der Waals surface area contributed by atoms with Crippen LogP contribution in [0.4, 0.5) is 0 Å². The van der Waals surface area contributed by atoms with Crippen molar-refractivity contribution in [2.45, 2.75) is 26.3 Å². The van der Waals surface area contributed by atoms with E-state index < -0.39 is 0 Å². The summed E-state index contributed by atoms with van der Waals surface area (Å²) in [5.74, 6) is 0. The van der Waals surface area contributed by atoms with E-state index in [2.05, 4.69) is 29.8 Å². The number of rotatable bonds is 4. The Morgan fingerprint density at radius 3 is 2.93 bits per heavy atom. The molecule has 14 heavy (non-hydrogen) atoms. The zero-order valence-electron chi connectivity index (χ0n) is 8.34. The summed E-state index contributed by atoms with van der Waals surface area (Å²) in [6, 6.07) is 4.53. The molecule has 74 valence electrons. The molecule has 0 amide bonds. The minimum atomic E-state index is -0.0227. The maximum absolute atomic E-state index is 8.88. The van der Waals surface area contributed by atoms with Crippen LogP contribution in [-0.2, 0) is 6.54 Å². The van der Waals surface area contributed by atoms with Gasteiger partial charge in [-0.05, 0) is 36.8 Å². The van der Waals surface area contributed by atoms with Crippen LogP contribution in [0.5, 0.6) is 0 Å². The molecule has 2 rings (SSSR count). The molecule has 0 bridgehead atoms. The monoisotopic (exact) mass is 206 g/mol. The summed E-state index contributed by atoms with van der Waals surface area (Å²) in [7, 11) is 0. The average Bonchev–Trinajstić information content (AvgIpc) is 2.86. The van der Waals surface area contributed by atoms with Gasteiger partial charge in [0, 0.05) is 18.0 Å². The minimum Gasteiger partial charge on any atom is -0.310 e. The molecule has 1 fully saturated rings. The summed E-state index contributed by atoms with van der Waals surface area (Å²) < 4.78 is 0. The van der Waals surface area contributed by atoms with Gasteiger partial charge < -0.3 is 5.32 Å². The van der Waals surface area contributed by atoms with Crippen molar-refractivity contribution in [1.82, 2.24) is 5.32 Å². The van der Waals surface area contributed by atoms with Crippen LogP contribution in [0, 0.1) is 23.7 Å². The summed E-state index contributed by atoms with van der Waals surface area (Å²) in [6.07, 6.45) is 2.14. The highest BCUT2D eigenvalue weighted by atomic mass is 32.1. The first-order chi connectivity index (χ1) is 6.76. The Labute approximate surface area is 88.6 Å². The molecule has 1 aliphatic carbocycles. The number of hydrogen-bond acceptors (Lipinski definition) is 3. The lowest BCUT2D eigenvalue weighted by atomic mass is 10.1. The van der Waals surface area contributed by atoms with Gasteiger partial charge in [0.15, 0.2) is 0 Å². The van der Waals surface area contributed by atoms with Crippen LogP contribution in [0.2, 0.25) is 0 Å². The molecular formula is C11H14N2S. The highest BCUT2D eigenvalue weighted by molar-refractivity contribution is 7.10. The van der Waals surface area contributed by atoms with E-state index in [1.165, 1.54) is 10.4 Å². The molecule has 0 spiro atoms. The summed E-state index contributed by atoms with van der Waals surface area (Å²) in [5, 5.41) is 14.4. The Hall–Kier alpha value is -0.850. The van der Waals surface area contributed by atoms with Crippen LogP contribution in [-0.4, -0.2) is 6.54 Å². The van der Waals surface area contributed by atoms with Gasteiger partial charge in [-0.25, -0.2) is 0 Å². The fourth-order valence-electron chi connectivity index (χ4n) is 1.48. The molecule has 0 aliphatic heterocycles. The van der Waals surface area contributed by atoms with Crippen LogP contribution in [0.15, 0.2) is 11.4 Å². The van der Waals surface area contributed by atoms with E-state index in [0.717, 1.165) is 25.9 Å². The van der Waals surface area contributed by atoms with E-state index in [1.807, 2.05) is 0 Å². The molecule has 0 atom stereocenters. The highest BCUT2D eigenvalue weighted by Crippen LogP contribution is 2.44. The van der Waals surface area contributed by atoms with Crippen molar-refractivity contribution in [3.8, 4) is 6.07 Å². The minimum absolute atomic E-state index is 0.0227. The molecule has 1 aliphatic rings. The number of thiophene rings is 1. The third kappa shape index (κ3) is 1.97. The van der Waals surface area contributed by atoms with Gasteiger partial charge in [-0.15, -0.1) is 11.3 Å². The summed E-state index contributed by atoms with van der Waals surface area (Å²) in [6.45, 7) is 3.89. The van der Waals surface area contributed by atoms with E-state index in [1.54, 1.807) is 11.3 Å². The van der Waals surface area contributed by atoms with Gasteiger partial charge >= 0.3 is 0 Å². The Kier molecular flexibility index (Phi) is 2.58. The molecule has 0 aromatic carbocycles. The number of aryl methyl sites for hydroxylation is 1. The standard InChI is InChI=1S/C11H14N2S/c1-9-2-5-14-10(9)6-13-8-11(7-12)3-4-11/h2,5,13H,3-4,6,8H2,1H3. The second-order valence-electron chi connectivity index (χ2n) is 4.02. The summed E-state index contributed by atoms with van der Waals surface area (Å²) in [5.41, 5.74) is 1.33. The first kappa shape index (κ1) is 9.70. The molecule has 1 N–H and O–H groups in total. The second kappa shape index (κ2) is 3.72. The fraction of sp³-hybridized carbons (Fsp3) is 0.545. The predicted molar refractivity (Wildman–Crippen MR) is 58.0 cm³/mol. The quantitative estimate of drug-likeness (QED) is 0.821. The molecule has 0 saturated heterocycles. The predicted octanol–water partition coefficient (Wildman–Crippen LogP) is 2.45. The lowest BCUT2D eigenvalue weighted by molar-refractivity contribution is 0.560. The molecule has 0 radical (unpaired) electrons. The molecule has 3 heteroatoms. The van der Waals surface area contributed by atoms with E-state index in [-0.39, 0.29) is 5.41 Å². The normalized spacial score (nSPS) is 17.7. The Morgan fingerprint density at radius 2 is 2.43 bits per heavy atom. The molecule has 1 aromatic heterocycles. The SMILES string of the molecule is Cc1ccsc1CNCC1(C#N)CC1. The van der Waals surface area contributed by atoms with Crippen LogP contribution in [0.3, 0.4) is 0 Å². The van der Waals surface area contributed by atoms with Crippen LogP contribution >= 0.6 is 11.3 Å². The number of nitrogens with zero attached hydrogens (tertiary/aromatic N) is 1. The lowest BCUT2D eigenvalue weighted by Crippen LogP contribution is -2.22. The third-order valence-corrected chi connectivity index (χ3v) is 3.83. The Balaban J connectivity index is 1.79. The van der Waals surface area contributed by atoms with Gasteiger partial charge in [-0.1, -0.05) is 0 Å². The molecule has 1 aromatic rings. The number of nitrogens with one attached hydrogen (secondary N) is 1. The van der Waals surface area contributed by atoms with Crippen molar-refractivity contribution < 1.29 is 0 Å². The van der Waals surface area contributed by atoms with E-state index in [9.17, 15) is 0 Å². The van der Waals surface area contributed by atoms with Gasteiger partial charge in [0.1, 0.15) is 0 Å². The van der Waals surface area contributed by atoms with Gasteiger partial charge in [-0.3, -0.25) is 0 Å². The average molecular weight is 206 g/mol. The van der Waals surface area contributed by atoms with E-state index in [4.69, 9.17) is 5.26 Å². The Morgan fingerprint density at radius 1 is 1.64 bits per heavy atom. The second-order valence-corrected chi connectivity index (χ2v) is 5.02. The highest BCUT2D eigenvalue weighted by Gasteiger charge is 2.42. The number of nitriles is 1. The summed E-state index contributed by atoms with van der Waals surface area (Å²) >= 11 is 1.78. The molecular weight excluding hydrogens is 192 g/mol. The maximum atomic E-state index is 8.88.